The monoisotopic (exact) mass is 398 g/mol. The molecule has 0 atom stereocenters. The van der Waals surface area contributed by atoms with E-state index in [2.05, 4.69) is 64.7 Å². The van der Waals surface area contributed by atoms with Crippen LogP contribution < -0.4 is 4.90 Å². The molecule has 2 aliphatic rings. The number of fused-ring (bicyclic) bond motifs is 1. The van der Waals surface area contributed by atoms with Crippen molar-refractivity contribution in [1.29, 1.82) is 0 Å². The molecule has 3 rings (SSSR count). The van der Waals surface area contributed by atoms with E-state index in [4.69, 9.17) is 0 Å². The number of benzene rings is 1. The fraction of sp³-hybridized carbons (Fsp3) is 0.478. The van der Waals surface area contributed by atoms with Gasteiger partial charge in [-0.25, -0.2) is 0 Å². The van der Waals surface area contributed by atoms with Crippen molar-refractivity contribution in [2.45, 2.75) is 73.0 Å². The molecule has 0 N–H and O–H groups in total. The van der Waals surface area contributed by atoms with Gasteiger partial charge in [-0.2, -0.15) is 0 Å². The molecule has 0 aromatic heterocycles. The molecule has 1 saturated heterocycles. The Labute approximate surface area is 172 Å². The summed E-state index contributed by atoms with van der Waals surface area (Å²) < 4.78 is 0. The van der Waals surface area contributed by atoms with Crippen LogP contribution in [0.4, 0.5) is 10.5 Å². The maximum atomic E-state index is 12.6. The Morgan fingerprint density at radius 2 is 1.68 bits per heavy atom. The lowest BCUT2D eigenvalue weighted by atomic mass is 9.86. The number of anilines is 1. The molecule has 1 aromatic rings. The third-order valence-electron chi connectivity index (χ3n) is 5.40. The molecule has 0 aliphatic carbocycles. The first-order valence-electron chi connectivity index (χ1n) is 9.85. The largest absolute Gasteiger partial charge is 0.360 e. The van der Waals surface area contributed by atoms with E-state index >= 15 is 0 Å². The Kier molecular flexibility index (Phi) is 5.26. The molecule has 0 bridgehead atoms. The van der Waals surface area contributed by atoms with Crippen molar-refractivity contribution >= 4 is 40.2 Å². The molecule has 1 fully saturated rings. The zero-order valence-electron chi connectivity index (χ0n) is 18.1. The predicted octanol–water partition coefficient (Wildman–Crippen LogP) is 5.85. The number of imide groups is 1. The molecule has 2 heterocycles. The number of hydrogen-bond acceptors (Lipinski definition) is 4. The van der Waals surface area contributed by atoms with Crippen molar-refractivity contribution in [3.8, 4) is 0 Å². The predicted molar refractivity (Wildman–Crippen MR) is 119 cm³/mol. The topological polar surface area (TPSA) is 40.6 Å². The van der Waals surface area contributed by atoms with Crippen LogP contribution in [0, 0.1) is 6.92 Å². The van der Waals surface area contributed by atoms with Crippen LogP contribution in [0.3, 0.4) is 0 Å². The smallest absolute Gasteiger partial charge is 0.293 e. The van der Waals surface area contributed by atoms with E-state index in [0.29, 0.717) is 10.9 Å². The number of thioether (sulfide) groups is 1. The lowest BCUT2D eigenvalue weighted by molar-refractivity contribution is -0.123. The Bertz CT molecular complexity index is 909. The van der Waals surface area contributed by atoms with Gasteiger partial charge in [0, 0.05) is 23.3 Å². The van der Waals surface area contributed by atoms with E-state index in [9.17, 15) is 9.59 Å². The van der Waals surface area contributed by atoms with E-state index in [0.717, 1.165) is 22.9 Å². The van der Waals surface area contributed by atoms with E-state index < -0.39 is 0 Å². The van der Waals surface area contributed by atoms with Crippen molar-refractivity contribution in [1.82, 2.24) is 4.90 Å². The minimum atomic E-state index is -0.195. The third-order valence-corrected chi connectivity index (χ3v) is 6.29. The summed E-state index contributed by atoms with van der Waals surface area (Å²) in [6, 6.07) is 4.61. The lowest BCUT2D eigenvalue weighted by Crippen LogP contribution is -2.49. The second kappa shape index (κ2) is 7.11. The first-order valence-corrected chi connectivity index (χ1v) is 10.7. The standard InChI is InChI=1S/C23H30N2O2S/c1-13(2)24-21(26)20(28-22(24)27)11-17-10-18-16(6)12-23(7,8)25(14(3)4)19(18)9-15(17)5/h9-14H,1-8H3/b20-11-. The van der Waals surface area contributed by atoms with Crippen LogP contribution in [0.1, 0.15) is 65.2 Å². The van der Waals surface area contributed by atoms with Crippen molar-refractivity contribution in [3.63, 3.8) is 0 Å². The quantitative estimate of drug-likeness (QED) is 0.599. The minimum Gasteiger partial charge on any atom is -0.360 e. The number of aryl methyl sites for hydroxylation is 1. The summed E-state index contributed by atoms with van der Waals surface area (Å²) in [7, 11) is 0. The number of carbonyl (C=O) groups is 2. The number of amides is 2. The van der Waals surface area contributed by atoms with Gasteiger partial charge in [0.25, 0.3) is 11.1 Å². The van der Waals surface area contributed by atoms with Crippen molar-refractivity contribution in [3.05, 3.63) is 39.8 Å². The average molecular weight is 399 g/mol. The number of hydrogen-bond donors (Lipinski definition) is 0. The summed E-state index contributed by atoms with van der Waals surface area (Å²) in [5, 5.41) is -0.189. The normalized spacial score (nSPS) is 20.5. The van der Waals surface area contributed by atoms with Gasteiger partial charge in [-0.3, -0.25) is 14.5 Å². The van der Waals surface area contributed by atoms with E-state index in [-0.39, 0.29) is 22.7 Å². The van der Waals surface area contributed by atoms with Gasteiger partial charge in [-0.15, -0.1) is 0 Å². The SMILES string of the molecule is CC1=CC(C)(C)N(C(C)C)c2cc(C)c(/C=C3\SC(=O)N(C(C)C)C3=O)cc21. The molecular formula is C23H30N2O2S. The fourth-order valence-electron chi connectivity index (χ4n) is 4.38. The van der Waals surface area contributed by atoms with Gasteiger partial charge in [0.1, 0.15) is 0 Å². The van der Waals surface area contributed by atoms with E-state index in [1.54, 1.807) is 0 Å². The Morgan fingerprint density at radius 1 is 1.04 bits per heavy atom. The Balaban J connectivity index is 2.09. The molecule has 2 aliphatic heterocycles. The summed E-state index contributed by atoms with van der Waals surface area (Å²) in [6.07, 6.45) is 4.18. The molecule has 2 amide bonds. The maximum absolute atomic E-state index is 12.6. The summed E-state index contributed by atoms with van der Waals surface area (Å²) in [5.41, 5.74) is 5.69. The molecule has 0 unspecified atom stereocenters. The van der Waals surface area contributed by atoms with Crippen LogP contribution in [-0.2, 0) is 4.79 Å². The molecule has 5 heteroatoms. The Morgan fingerprint density at radius 3 is 2.21 bits per heavy atom. The molecular weight excluding hydrogens is 368 g/mol. The van der Waals surface area contributed by atoms with Crippen molar-refractivity contribution in [2.75, 3.05) is 4.90 Å². The molecule has 0 saturated carbocycles. The van der Waals surface area contributed by atoms with Crippen LogP contribution in [-0.4, -0.2) is 33.7 Å². The van der Waals surface area contributed by atoms with Gasteiger partial charge in [-0.05, 0) is 102 Å². The molecule has 150 valence electrons. The zero-order chi connectivity index (χ0) is 21.0. The van der Waals surface area contributed by atoms with Crippen molar-refractivity contribution < 1.29 is 9.59 Å². The maximum Gasteiger partial charge on any atom is 0.293 e. The number of carbonyl (C=O) groups excluding carboxylic acids is 2. The molecule has 4 nitrogen and oxygen atoms in total. The van der Waals surface area contributed by atoms with Crippen molar-refractivity contribution in [2.24, 2.45) is 0 Å². The van der Waals surface area contributed by atoms with Crippen LogP contribution in [0.5, 0.6) is 0 Å². The summed E-state index contributed by atoms with van der Waals surface area (Å²) in [5.74, 6) is -0.195. The molecule has 0 spiro atoms. The van der Waals surface area contributed by atoms with Gasteiger partial charge in [0.05, 0.1) is 10.4 Å². The second-order valence-electron chi connectivity index (χ2n) is 8.82. The first-order chi connectivity index (χ1) is 12.9. The van der Waals surface area contributed by atoms with Crippen LogP contribution in [0.15, 0.2) is 23.1 Å². The lowest BCUT2D eigenvalue weighted by Gasteiger charge is -2.46. The first kappa shape index (κ1) is 20.7. The molecule has 28 heavy (non-hydrogen) atoms. The Hall–Kier alpha value is -2.01. The average Bonchev–Trinajstić information content (AvgIpc) is 2.81. The summed E-state index contributed by atoms with van der Waals surface area (Å²) >= 11 is 1.03. The highest BCUT2D eigenvalue weighted by Gasteiger charge is 2.37. The molecule has 0 radical (unpaired) electrons. The number of allylic oxidation sites excluding steroid dienone is 1. The van der Waals surface area contributed by atoms with Gasteiger partial charge >= 0.3 is 0 Å². The van der Waals surface area contributed by atoms with Crippen LogP contribution in [0.25, 0.3) is 11.6 Å². The van der Waals surface area contributed by atoms with Gasteiger partial charge < -0.3 is 4.90 Å². The minimum absolute atomic E-state index is 0.0564. The highest BCUT2D eigenvalue weighted by Crippen LogP contribution is 2.42. The second-order valence-corrected chi connectivity index (χ2v) is 9.81. The molecule has 1 aromatic carbocycles. The number of rotatable bonds is 3. The summed E-state index contributed by atoms with van der Waals surface area (Å²) in [6.45, 7) is 16.8. The highest BCUT2D eigenvalue weighted by atomic mass is 32.2. The van der Waals surface area contributed by atoms with Gasteiger partial charge in [0.15, 0.2) is 0 Å². The van der Waals surface area contributed by atoms with Gasteiger partial charge in [0.2, 0.25) is 0 Å². The van der Waals surface area contributed by atoms with Crippen LogP contribution >= 0.6 is 11.8 Å². The van der Waals surface area contributed by atoms with Gasteiger partial charge in [-0.1, -0.05) is 6.08 Å². The van der Waals surface area contributed by atoms with Crippen LogP contribution in [0.2, 0.25) is 0 Å². The number of nitrogens with zero attached hydrogens (tertiary/aromatic N) is 2. The van der Waals surface area contributed by atoms with E-state index in [1.165, 1.54) is 21.7 Å². The third kappa shape index (κ3) is 3.41. The summed E-state index contributed by atoms with van der Waals surface area (Å²) in [4.78, 5) is 29.1. The fourth-order valence-corrected chi connectivity index (χ4v) is 5.33. The van der Waals surface area contributed by atoms with E-state index in [1.807, 2.05) is 19.9 Å². The highest BCUT2D eigenvalue weighted by molar-refractivity contribution is 8.18. The zero-order valence-corrected chi connectivity index (χ0v) is 18.9.